The minimum atomic E-state index is -3.75. The van der Waals surface area contributed by atoms with Crippen molar-refractivity contribution in [3.05, 3.63) is 58.9 Å². The van der Waals surface area contributed by atoms with Crippen LogP contribution >= 0.6 is 0 Å². The van der Waals surface area contributed by atoms with Crippen molar-refractivity contribution in [3.63, 3.8) is 0 Å². The van der Waals surface area contributed by atoms with Crippen molar-refractivity contribution in [2.24, 2.45) is 0 Å². The standard InChI is InChI=1S/C21H24FN3O4S/c1-23-30(27,28)17-3-4-19(22)18(13-17)21(26)25-9-7-24(8-10-25)14-15-2-5-20-16(12-15)6-11-29-20/h2-5,12-13,23H,6-11,14H2,1H3. The average Bonchev–Trinajstić information content (AvgIpc) is 3.22. The van der Waals surface area contributed by atoms with Crippen molar-refractivity contribution in [1.82, 2.24) is 14.5 Å². The Morgan fingerprint density at radius 3 is 2.63 bits per heavy atom. The number of sulfonamides is 1. The monoisotopic (exact) mass is 433 g/mol. The maximum absolute atomic E-state index is 14.3. The molecule has 0 bridgehead atoms. The Morgan fingerprint density at radius 2 is 1.90 bits per heavy atom. The number of ether oxygens (including phenoxy) is 1. The van der Waals surface area contributed by atoms with E-state index >= 15 is 0 Å². The Kier molecular flexibility index (Phi) is 5.77. The zero-order valence-electron chi connectivity index (χ0n) is 16.7. The number of carbonyl (C=O) groups excluding carboxylic acids is 1. The van der Waals surface area contributed by atoms with Gasteiger partial charge in [0.2, 0.25) is 10.0 Å². The molecule has 0 aromatic heterocycles. The topological polar surface area (TPSA) is 79.0 Å². The van der Waals surface area contributed by atoms with E-state index in [4.69, 9.17) is 4.74 Å². The third kappa shape index (κ3) is 4.19. The average molecular weight is 434 g/mol. The van der Waals surface area contributed by atoms with E-state index in [1.807, 2.05) is 6.07 Å². The molecule has 7 nitrogen and oxygen atoms in total. The quantitative estimate of drug-likeness (QED) is 0.776. The van der Waals surface area contributed by atoms with Gasteiger partial charge >= 0.3 is 0 Å². The van der Waals surface area contributed by atoms with Gasteiger partial charge in [-0.05, 0) is 42.4 Å². The van der Waals surface area contributed by atoms with Crippen LogP contribution in [0.4, 0.5) is 4.39 Å². The van der Waals surface area contributed by atoms with E-state index in [0.717, 1.165) is 43.5 Å². The molecule has 1 fully saturated rings. The zero-order valence-corrected chi connectivity index (χ0v) is 17.5. The number of piperazine rings is 1. The summed E-state index contributed by atoms with van der Waals surface area (Å²) in [7, 11) is -2.48. The van der Waals surface area contributed by atoms with Gasteiger partial charge in [0.05, 0.1) is 17.1 Å². The summed E-state index contributed by atoms with van der Waals surface area (Å²) in [6.45, 7) is 3.74. The van der Waals surface area contributed by atoms with Crippen LogP contribution < -0.4 is 9.46 Å². The Bertz CT molecular complexity index is 1070. The van der Waals surface area contributed by atoms with Crippen LogP contribution in [0.15, 0.2) is 41.3 Å². The molecular weight excluding hydrogens is 409 g/mol. The van der Waals surface area contributed by atoms with Crippen LogP contribution in [0.3, 0.4) is 0 Å². The van der Waals surface area contributed by atoms with E-state index in [1.165, 1.54) is 18.2 Å². The molecule has 1 N–H and O–H groups in total. The van der Waals surface area contributed by atoms with Crippen molar-refractivity contribution in [3.8, 4) is 5.75 Å². The summed E-state index contributed by atoms with van der Waals surface area (Å²) in [5.41, 5.74) is 2.21. The summed E-state index contributed by atoms with van der Waals surface area (Å²) < 4.78 is 45.9. The minimum absolute atomic E-state index is 0.131. The third-order valence-electron chi connectivity index (χ3n) is 5.57. The number of nitrogens with zero attached hydrogens (tertiary/aromatic N) is 2. The van der Waals surface area contributed by atoms with Crippen LogP contribution in [0.2, 0.25) is 0 Å². The highest BCUT2D eigenvalue weighted by molar-refractivity contribution is 7.89. The second-order valence-electron chi connectivity index (χ2n) is 7.46. The van der Waals surface area contributed by atoms with Gasteiger partial charge < -0.3 is 9.64 Å². The summed E-state index contributed by atoms with van der Waals surface area (Å²) >= 11 is 0. The van der Waals surface area contributed by atoms with E-state index in [2.05, 4.69) is 21.8 Å². The van der Waals surface area contributed by atoms with E-state index in [0.29, 0.717) is 26.2 Å². The first kappa shape index (κ1) is 20.8. The Balaban J connectivity index is 1.40. The number of benzene rings is 2. The Labute approximate surface area is 175 Å². The lowest BCUT2D eigenvalue weighted by molar-refractivity contribution is 0.0623. The molecule has 4 rings (SSSR count). The van der Waals surface area contributed by atoms with Gasteiger partial charge in [0.15, 0.2) is 0 Å². The van der Waals surface area contributed by atoms with Gasteiger partial charge in [-0.25, -0.2) is 17.5 Å². The summed E-state index contributed by atoms with van der Waals surface area (Å²) in [5, 5.41) is 0. The van der Waals surface area contributed by atoms with E-state index in [-0.39, 0.29) is 10.5 Å². The van der Waals surface area contributed by atoms with Gasteiger partial charge in [-0.3, -0.25) is 9.69 Å². The second kappa shape index (κ2) is 8.33. The van der Waals surface area contributed by atoms with Crippen molar-refractivity contribution in [2.45, 2.75) is 17.9 Å². The van der Waals surface area contributed by atoms with Crippen molar-refractivity contribution in [1.29, 1.82) is 0 Å². The molecule has 2 heterocycles. The van der Waals surface area contributed by atoms with Gasteiger partial charge in [-0.2, -0.15) is 0 Å². The number of nitrogens with one attached hydrogen (secondary N) is 1. The number of hydrogen-bond donors (Lipinski definition) is 1. The normalized spacial score (nSPS) is 16.9. The number of fused-ring (bicyclic) bond motifs is 1. The van der Waals surface area contributed by atoms with Gasteiger partial charge in [0.25, 0.3) is 5.91 Å². The molecule has 30 heavy (non-hydrogen) atoms. The van der Waals surface area contributed by atoms with E-state index in [9.17, 15) is 17.6 Å². The Hall–Kier alpha value is -2.49. The highest BCUT2D eigenvalue weighted by atomic mass is 32.2. The summed E-state index contributed by atoms with van der Waals surface area (Å²) in [4.78, 5) is 16.5. The molecular formula is C21H24FN3O4S. The van der Waals surface area contributed by atoms with Gasteiger partial charge in [-0.1, -0.05) is 12.1 Å². The summed E-state index contributed by atoms with van der Waals surface area (Å²) in [6.07, 6.45) is 0.930. The first-order chi connectivity index (χ1) is 14.4. The van der Waals surface area contributed by atoms with Crippen molar-refractivity contribution < 1.29 is 22.3 Å². The fourth-order valence-corrected chi connectivity index (χ4v) is 4.59. The van der Waals surface area contributed by atoms with Crippen LogP contribution in [0.5, 0.6) is 5.75 Å². The molecule has 160 valence electrons. The van der Waals surface area contributed by atoms with Gasteiger partial charge in [0, 0.05) is 39.1 Å². The molecule has 0 radical (unpaired) electrons. The smallest absolute Gasteiger partial charge is 0.256 e. The molecule has 1 amide bonds. The highest BCUT2D eigenvalue weighted by Crippen LogP contribution is 2.26. The fraction of sp³-hybridized carbons (Fsp3) is 0.381. The fourth-order valence-electron chi connectivity index (χ4n) is 3.83. The number of rotatable bonds is 5. The maximum atomic E-state index is 14.3. The lowest BCUT2D eigenvalue weighted by Gasteiger charge is -2.35. The van der Waals surface area contributed by atoms with E-state index < -0.39 is 21.7 Å². The maximum Gasteiger partial charge on any atom is 0.256 e. The first-order valence-electron chi connectivity index (χ1n) is 9.87. The van der Waals surface area contributed by atoms with Gasteiger partial charge in [-0.15, -0.1) is 0 Å². The molecule has 0 saturated carbocycles. The molecule has 2 aromatic carbocycles. The first-order valence-corrected chi connectivity index (χ1v) is 11.3. The van der Waals surface area contributed by atoms with Crippen LogP contribution in [-0.2, 0) is 23.0 Å². The molecule has 2 aromatic rings. The molecule has 0 unspecified atom stereocenters. The van der Waals surface area contributed by atoms with Crippen LogP contribution in [0.1, 0.15) is 21.5 Å². The zero-order chi connectivity index (χ0) is 21.3. The van der Waals surface area contributed by atoms with Gasteiger partial charge in [0.1, 0.15) is 11.6 Å². The predicted molar refractivity (Wildman–Crippen MR) is 109 cm³/mol. The minimum Gasteiger partial charge on any atom is -0.493 e. The Morgan fingerprint density at radius 1 is 1.13 bits per heavy atom. The van der Waals surface area contributed by atoms with Crippen molar-refractivity contribution in [2.75, 3.05) is 39.8 Å². The lowest BCUT2D eigenvalue weighted by atomic mass is 10.1. The van der Waals surface area contributed by atoms with Crippen LogP contribution in [0.25, 0.3) is 0 Å². The van der Waals surface area contributed by atoms with Crippen LogP contribution in [-0.4, -0.2) is 64.0 Å². The summed E-state index contributed by atoms with van der Waals surface area (Å²) in [5.74, 6) is -0.258. The number of amides is 1. The lowest BCUT2D eigenvalue weighted by Crippen LogP contribution is -2.48. The largest absolute Gasteiger partial charge is 0.493 e. The molecule has 9 heteroatoms. The number of hydrogen-bond acceptors (Lipinski definition) is 5. The second-order valence-corrected chi connectivity index (χ2v) is 9.34. The summed E-state index contributed by atoms with van der Waals surface area (Å²) in [6, 6.07) is 9.51. The molecule has 2 aliphatic rings. The van der Waals surface area contributed by atoms with E-state index in [1.54, 1.807) is 4.90 Å². The third-order valence-corrected chi connectivity index (χ3v) is 6.98. The SMILES string of the molecule is CNS(=O)(=O)c1ccc(F)c(C(=O)N2CCN(Cc3ccc4c(c3)CCO4)CC2)c1. The van der Waals surface area contributed by atoms with Crippen LogP contribution in [0, 0.1) is 5.82 Å². The number of carbonyl (C=O) groups is 1. The molecule has 0 aliphatic carbocycles. The molecule has 2 aliphatic heterocycles. The molecule has 1 saturated heterocycles. The molecule has 0 atom stereocenters. The number of halogens is 1. The predicted octanol–water partition coefficient (Wildman–Crippen LogP) is 1.63. The molecule has 0 spiro atoms. The van der Waals surface area contributed by atoms with Crippen molar-refractivity contribution >= 4 is 15.9 Å². The highest BCUT2D eigenvalue weighted by Gasteiger charge is 2.26.